The Hall–Kier alpha value is -3.60. The van der Waals surface area contributed by atoms with E-state index in [0.29, 0.717) is 17.8 Å². The third-order valence-electron chi connectivity index (χ3n) is 4.46. The third kappa shape index (κ3) is 6.01. The smallest absolute Gasteiger partial charge is 0.333 e. The fraction of sp³-hybridized carbons (Fsp3) is 0.0909. The molecule has 0 heterocycles. The van der Waals surface area contributed by atoms with Crippen molar-refractivity contribution in [3.63, 3.8) is 0 Å². The van der Waals surface area contributed by atoms with Gasteiger partial charge in [0, 0.05) is 12.2 Å². The first kappa shape index (κ1) is 24.1. The summed E-state index contributed by atoms with van der Waals surface area (Å²) in [6.45, 7) is -0.296. The van der Waals surface area contributed by atoms with Crippen LogP contribution in [0.3, 0.4) is 0 Å². The lowest BCUT2D eigenvalue weighted by Gasteiger charge is -2.17. The number of amides is 3. The standard InChI is InChI=1S/C22H16F5N3O2S/c23-18-4-2-1-3-16(18)20(31)29-14-6-8-15(9-7-14)30(33)21(32)28-12-13-5-10-19(24)17(11-13)22(25,26)27/h1-11,33H,12H2,(H,28,32)(H,29,31). The first-order valence-corrected chi connectivity index (χ1v) is 9.74. The van der Waals surface area contributed by atoms with Crippen LogP contribution in [0.15, 0.2) is 66.7 Å². The largest absolute Gasteiger partial charge is 0.419 e. The molecule has 11 heteroatoms. The van der Waals surface area contributed by atoms with Gasteiger partial charge in [-0.3, -0.25) is 4.79 Å². The van der Waals surface area contributed by atoms with E-state index in [9.17, 15) is 31.5 Å². The van der Waals surface area contributed by atoms with Crippen LogP contribution < -0.4 is 14.9 Å². The van der Waals surface area contributed by atoms with E-state index >= 15 is 0 Å². The molecule has 3 rings (SSSR count). The van der Waals surface area contributed by atoms with Gasteiger partial charge in [-0.25, -0.2) is 17.9 Å². The van der Waals surface area contributed by atoms with Crippen molar-refractivity contribution in [1.29, 1.82) is 0 Å². The summed E-state index contributed by atoms with van der Waals surface area (Å²) in [5.41, 5.74) is -0.892. The number of nitrogens with zero attached hydrogens (tertiary/aromatic N) is 1. The fourth-order valence-corrected chi connectivity index (χ4v) is 3.00. The second-order valence-corrected chi connectivity index (χ2v) is 7.16. The lowest BCUT2D eigenvalue weighted by Crippen LogP contribution is -2.33. The summed E-state index contributed by atoms with van der Waals surface area (Å²) in [4.78, 5) is 24.4. The van der Waals surface area contributed by atoms with Gasteiger partial charge in [-0.15, -0.1) is 0 Å². The third-order valence-corrected chi connectivity index (χ3v) is 4.87. The summed E-state index contributed by atoms with van der Waals surface area (Å²) in [6, 6.07) is 12.9. The maximum absolute atomic E-state index is 13.7. The lowest BCUT2D eigenvalue weighted by atomic mass is 10.1. The molecule has 172 valence electrons. The van der Waals surface area contributed by atoms with Crippen LogP contribution in [0.25, 0.3) is 0 Å². The van der Waals surface area contributed by atoms with Crippen molar-refractivity contribution < 1.29 is 31.5 Å². The minimum Gasteiger partial charge on any atom is -0.333 e. The van der Waals surface area contributed by atoms with Gasteiger partial charge >= 0.3 is 12.2 Å². The van der Waals surface area contributed by atoms with Gasteiger partial charge in [0.05, 0.1) is 16.8 Å². The number of nitrogens with one attached hydrogen (secondary N) is 2. The zero-order valence-corrected chi connectivity index (χ0v) is 17.6. The van der Waals surface area contributed by atoms with Gasteiger partial charge in [-0.05, 0) is 54.1 Å². The van der Waals surface area contributed by atoms with E-state index in [-0.39, 0.29) is 23.4 Å². The average Bonchev–Trinajstić information content (AvgIpc) is 2.77. The molecule has 0 aliphatic heterocycles. The summed E-state index contributed by atoms with van der Waals surface area (Å²) >= 11 is 4.06. The van der Waals surface area contributed by atoms with Gasteiger partial charge < -0.3 is 10.6 Å². The Morgan fingerprint density at radius 1 is 0.909 bits per heavy atom. The number of halogens is 5. The number of carbonyl (C=O) groups is 2. The number of rotatable bonds is 5. The molecule has 0 aliphatic rings. The van der Waals surface area contributed by atoms with Crippen molar-refractivity contribution in [2.75, 3.05) is 9.62 Å². The molecule has 33 heavy (non-hydrogen) atoms. The molecule has 0 unspecified atom stereocenters. The highest BCUT2D eigenvalue weighted by atomic mass is 32.1. The predicted octanol–water partition coefficient (Wildman–Crippen LogP) is 5.80. The van der Waals surface area contributed by atoms with Gasteiger partial charge in [0.1, 0.15) is 11.6 Å². The maximum atomic E-state index is 13.7. The minimum absolute atomic E-state index is 0.0463. The molecular formula is C22H16F5N3O2S. The summed E-state index contributed by atoms with van der Waals surface area (Å²) in [5, 5.41) is 4.90. The van der Waals surface area contributed by atoms with Crippen LogP contribution in [-0.4, -0.2) is 11.9 Å². The molecule has 0 aromatic heterocycles. The Balaban J connectivity index is 1.61. The summed E-state index contributed by atoms with van der Waals surface area (Å²) in [7, 11) is 0. The predicted molar refractivity (Wildman–Crippen MR) is 116 cm³/mol. The molecule has 0 bridgehead atoms. The van der Waals surface area contributed by atoms with Crippen molar-refractivity contribution in [1.82, 2.24) is 5.32 Å². The van der Waals surface area contributed by atoms with Gasteiger partial charge in [0.15, 0.2) is 0 Å². The number of alkyl halides is 3. The highest BCUT2D eigenvalue weighted by Crippen LogP contribution is 2.32. The topological polar surface area (TPSA) is 61.4 Å². The van der Waals surface area contributed by atoms with Crippen molar-refractivity contribution in [3.8, 4) is 0 Å². The second-order valence-electron chi connectivity index (χ2n) is 6.76. The van der Waals surface area contributed by atoms with Gasteiger partial charge in [-0.2, -0.15) is 13.2 Å². The van der Waals surface area contributed by atoms with Gasteiger partial charge in [0.2, 0.25) is 0 Å². The van der Waals surface area contributed by atoms with Crippen LogP contribution in [0, 0.1) is 11.6 Å². The lowest BCUT2D eigenvalue weighted by molar-refractivity contribution is -0.140. The molecule has 0 fully saturated rings. The number of benzene rings is 3. The molecule has 0 spiro atoms. The highest BCUT2D eigenvalue weighted by molar-refractivity contribution is 7.82. The molecule has 0 saturated carbocycles. The zero-order chi connectivity index (χ0) is 24.2. The van der Waals surface area contributed by atoms with E-state index in [0.717, 1.165) is 16.4 Å². The molecule has 5 nitrogen and oxygen atoms in total. The quantitative estimate of drug-likeness (QED) is 0.319. The Morgan fingerprint density at radius 2 is 1.58 bits per heavy atom. The van der Waals surface area contributed by atoms with E-state index in [2.05, 4.69) is 23.4 Å². The van der Waals surface area contributed by atoms with Crippen molar-refractivity contribution >= 4 is 36.1 Å². The van der Waals surface area contributed by atoms with Crippen molar-refractivity contribution in [3.05, 3.63) is 95.1 Å². The zero-order valence-electron chi connectivity index (χ0n) is 16.7. The second kappa shape index (κ2) is 9.90. The molecule has 0 saturated heterocycles. The van der Waals surface area contributed by atoms with Crippen LogP contribution in [0.2, 0.25) is 0 Å². The van der Waals surface area contributed by atoms with Crippen LogP contribution in [-0.2, 0) is 12.7 Å². The van der Waals surface area contributed by atoms with E-state index in [1.807, 2.05) is 0 Å². The molecule has 3 amide bonds. The number of carbonyl (C=O) groups excluding carboxylic acids is 2. The normalized spacial score (nSPS) is 11.1. The fourth-order valence-electron chi connectivity index (χ4n) is 2.80. The molecule has 0 aliphatic carbocycles. The van der Waals surface area contributed by atoms with Crippen LogP contribution in [0.4, 0.5) is 38.1 Å². The molecular weight excluding hydrogens is 465 g/mol. The summed E-state index contributed by atoms with van der Waals surface area (Å²) in [5.74, 6) is -2.73. The number of thiol groups is 1. The van der Waals surface area contributed by atoms with Crippen LogP contribution >= 0.6 is 12.8 Å². The first-order valence-electron chi connectivity index (χ1n) is 9.34. The molecule has 0 radical (unpaired) electrons. The molecule has 2 N–H and O–H groups in total. The Kier molecular flexibility index (Phi) is 7.22. The van der Waals surface area contributed by atoms with Gasteiger partial charge in [0.25, 0.3) is 5.91 Å². The molecule has 3 aromatic rings. The Morgan fingerprint density at radius 3 is 2.21 bits per heavy atom. The van der Waals surface area contributed by atoms with E-state index in [1.165, 1.54) is 42.5 Å². The first-order chi connectivity index (χ1) is 15.6. The molecule has 0 atom stereocenters. The average molecular weight is 481 g/mol. The number of urea groups is 1. The van der Waals surface area contributed by atoms with E-state index < -0.39 is 35.3 Å². The summed E-state index contributed by atoms with van der Waals surface area (Å²) in [6.07, 6.45) is -4.86. The SMILES string of the molecule is O=C(Nc1ccc(N(S)C(=O)NCc2ccc(F)c(C(F)(F)F)c2)cc1)c1ccccc1F. The van der Waals surface area contributed by atoms with Crippen molar-refractivity contribution in [2.45, 2.75) is 12.7 Å². The van der Waals surface area contributed by atoms with Crippen LogP contribution in [0.1, 0.15) is 21.5 Å². The monoisotopic (exact) mass is 481 g/mol. The Labute approximate surface area is 190 Å². The van der Waals surface area contributed by atoms with Gasteiger partial charge in [-0.1, -0.05) is 31.0 Å². The van der Waals surface area contributed by atoms with Crippen molar-refractivity contribution in [2.24, 2.45) is 0 Å². The van der Waals surface area contributed by atoms with E-state index in [4.69, 9.17) is 0 Å². The highest BCUT2D eigenvalue weighted by Gasteiger charge is 2.34. The van der Waals surface area contributed by atoms with Crippen LogP contribution in [0.5, 0.6) is 0 Å². The summed E-state index contributed by atoms with van der Waals surface area (Å²) < 4.78 is 66.4. The number of hydrogen-bond acceptors (Lipinski definition) is 3. The minimum atomic E-state index is -4.86. The maximum Gasteiger partial charge on any atom is 0.419 e. The Bertz CT molecular complexity index is 1170. The van der Waals surface area contributed by atoms with E-state index in [1.54, 1.807) is 0 Å². The number of hydrogen-bond donors (Lipinski definition) is 3. The molecule has 3 aromatic carbocycles. The number of anilines is 2.